The average molecular weight is 249 g/mol. The SMILES string of the molecule is CC(C)c1nn(C)cc1CNCC1(C(C)C)CC1. The molecule has 1 N–H and O–H groups in total. The largest absolute Gasteiger partial charge is 0.312 e. The van der Waals surface area contributed by atoms with E-state index in [1.807, 2.05) is 11.7 Å². The van der Waals surface area contributed by atoms with E-state index in [-0.39, 0.29) is 0 Å². The third kappa shape index (κ3) is 2.77. The minimum absolute atomic E-state index is 0.503. The van der Waals surface area contributed by atoms with E-state index in [1.165, 1.54) is 24.1 Å². The van der Waals surface area contributed by atoms with Crippen molar-refractivity contribution in [3.05, 3.63) is 17.5 Å². The highest BCUT2D eigenvalue weighted by Crippen LogP contribution is 2.51. The van der Waals surface area contributed by atoms with Gasteiger partial charge >= 0.3 is 0 Å². The molecule has 0 bridgehead atoms. The molecule has 1 aromatic rings. The Morgan fingerprint density at radius 3 is 2.50 bits per heavy atom. The summed E-state index contributed by atoms with van der Waals surface area (Å²) < 4.78 is 1.93. The fraction of sp³-hybridized carbons (Fsp3) is 0.800. The van der Waals surface area contributed by atoms with E-state index in [0.717, 1.165) is 19.0 Å². The molecule has 3 heteroatoms. The molecule has 0 radical (unpaired) electrons. The normalized spacial score (nSPS) is 17.7. The first-order chi connectivity index (χ1) is 8.44. The lowest BCUT2D eigenvalue weighted by atomic mass is 9.92. The highest BCUT2D eigenvalue weighted by molar-refractivity contribution is 5.20. The van der Waals surface area contributed by atoms with Gasteiger partial charge in [0, 0.05) is 31.9 Å². The lowest BCUT2D eigenvalue weighted by molar-refractivity contribution is 0.337. The van der Waals surface area contributed by atoms with Crippen LogP contribution in [0.3, 0.4) is 0 Å². The van der Waals surface area contributed by atoms with Crippen LogP contribution in [0.2, 0.25) is 0 Å². The molecule has 0 spiro atoms. The van der Waals surface area contributed by atoms with Crippen molar-refractivity contribution in [1.82, 2.24) is 15.1 Å². The van der Waals surface area contributed by atoms with Gasteiger partial charge in [0.05, 0.1) is 5.69 Å². The van der Waals surface area contributed by atoms with Crippen molar-refractivity contribution < 1.29 is 0 Å². The van der Waals surface area contributed by atoms with Crippen LogP contribution in [-0.4, -0.2) is 16.3 Å². The molecule has 1 saturated carbocycles. The summed E-state index contributed by atoms with van der Waals surface area (Å²) in [5, 5.41) is 8.19. The van der Waals surface area contributed by atoms with E-state index in [0.29, 0.717) is 11.3 Å². The summed E-state index contributed by atoms with van der Waals surface area (Å²) in [7, 11) is 2.01. The topological polar surface area (TPSA) is 29.9 Å². The summed E-state index contributed by atoms with van der Waals surface area (Å²) in [4.78, 5) is 0. The van der Waals surface area contributed by atoms with Crippen LogP contribution in [0.25, 0.3) is 0 Å². The third-order valence-electron chi connectivity index (χ3n) is 4.39. The van der Waals surface area contributed by atoms with Crippen LogP contribution in [0.5, 0.6) is 0 Å². The number of rotatable bonds is 6. The zero-order chi connectivity index (χ0) is 13.3. The Morgan fingerprint density at radius 2 is 2.00 bits per heavy atom. The second kappa shape index (κ2) is 5.04. The van der Waals surface area contributed by atoms with Crippen LogP contribution in [0.15, 0.2) is 6.20 Å². The first kappa shape index (κ1) is 13.6. The summed E-state index contributed by atoms with van der Waals surface area (Å²) >= 11 is 0. The number of aryl methyl sites for hydroxylation is 1. The van der Waals surface area contributed by atoms with Gasteiger partial charge in [-0.1, -0.05) is 27.7 Å². The van der Waals surface area contributed by atoms with Gasteiger partial charge in [-0.25, -0.2) is 0 Å². The van der Waals surface area contributed by atoms with E-state index >= 15 is 0 Å². The molecule has 1 aliphatic carbocycles. The molecule has 0 unspecified atom stereocenters. The fourth-order valence-corrected chi connectivity index (χ4v) is 2.74. The van der Waals surface area contributed by atoms with Gasteiger partial charge < -0.3 is 5.32 Å². The molecule has 1 aromatic heterocycles. The average Bonchev–Trinajstić information content (AvgIpc) is 2.97. The second-order valence-corrected chi connectivity index (χ2v) is 6.49. The Bertz CT molecular complexity index is 400. The Labute approximate surface area is 111 Å². The molecular formula is C15H27N3. The quantitative estimate of drug-likeness (QED) is 0.839. The van der Waals surface area contributed by atoms with Crippen molar-refractivity contribution in [3.8, 4) is 0 Å². The predicted octanol–water partition coefficient (Wildman–Crippen LogP) is 3.07. The van der Waals surface area contributed by atoms with Gasteiger partial charge in [0.25, 0.3) is 0 Å². The Kier molecular flexibility index (Phi) is 3.81. The van der Waals surface area contributed by atoms with Crippen LogP contribution in [0.1, 0.15) is 57.7 Å². The molecule has 0 aliphatic heterocycles. The van der Waals surface area contributed by atoms with E-state index < -0.39 is 0 Å². The van der Waals surface area contributed by atoms with Crippen molar-refractivity contribution in [3.63, 3.8) is 0 Å². The standard InChI is InChI=1S/C15H27N3/c1-11(2)14-13(9-18(5)17-14)8-16-10-15(6-7-15)12(3)4/h9,11-12,16H,6-8,10H2,1-5H3. The maximum atomic E-state index is 4.55. The third-order valence-corrected chi connectivity index (χ3v) is 4.39. The second-order valence-electron chi connectivity index (χ2n) is 6.49. The van der Waals surface area contributed by atoms with E-state index in [2.05, 4.69) is 44.3 Å². The summed E-state index contributed by atoms with van der Waals surface area (Å²) in [5.74, 6) is 1.30. The molecule has 3 nitrogen and oxygen atoms in total. The lowest BCUT2D eigenvalue weighted by Gasteiger charge is -2.20. The van der Waals surface area contributed by atoms with Gasteiger partial charge in [0.1, 0.15) is 0 Å². The fourth-order valence-electron chi connectivity index (χ4n) is 2.74. The zero-order valence-electron chi connectivity index (χ0n) is 12.5. The molecule has 0 atom stereocenters. The van der Waals surface area contributed by atoms with Crippen LogP contribution >= 0.6 is 0 Å². The molecule has 0 saturated heterocycles. The first-order valence-corrected chi connectivity index (χ1v) is 7.18. The predicted molar refractivity (Wildman–Crippen MR) is 75.5 cm³/mol. The Balaban J connectivity index is 1.91. The molecule has 0 aromatic carbocycles. The molecule has 1 heterocycles. The summed E-state index contributed by atoms with van der Waals surface area (Å²) in [6, 6.07) is 0. The summed E-state index contributed by atoms with van der Waals surface area (Å²) in [6.07, 6.45) is 4.93. The van der Waals surface area contributed by atoms with Crippen LogP contribution < -0.4 is 5.32 Å². The number of hydrogen-bond acceptors (Lipinski definition) is 2. The summed E-state index contributed by atoms with van der Waals surface area (Å²) in [6.45, 7) is 11.2. The lowest BCUT2D eigenvalue weighted by Crippen LogP contribution is -2.27. The van der Waals surface area contributed by atoms with Gasteiger partial charge in [-0.2, -0.15) is 5.10 Å². The molecule has 18 heavy (non-hydrogen) atoms. The van der Waals surface area contributed by atoms with Crippen molar-refractivity contribution in [2.45, 2.75) is 53.0 Å². The molecular weight excluding hydrogens is 222 g/mol. The Morgan fingerprint density at radius 1 is 1.33 bits per heavy atom. The van der Waals surface area contributed by atoms with Gasteiger partial charge in [-0.15, -0.1) is 0 Å². The Hall–Kier alpha value is -0.830. The summed E-state index contributed by atoms with van der Waals surface area (Å²) in [5.41, 5.74) is 3.17. The first-order valence-electron chi connectivity index (χ1n) is 7.18. The minimum atomic E-state index is 0.503. The number of nitrogens with zero attached hydrogens (tertiary/aromatic N) is 2. The van der Waals surface area contributed by atoms with E-state index in [1.54, 1.807) is 0 Å². The van der Waals surface area contributed by atoms with Gasteiger partial charge in [0.2, 0.25) is 0 Å². The van der Waals surface area contributed by atoms with Crippen LogP contribution in [0, 0.1) is 11.3 Å². The van der Waals surface area contributed by atoms with Gasteiger partial charge in [-0.05, 0) is 30.1 Å². The molecule has 2 rings (SSSR count). The van der Waals surface area contributed by atoms with E-state index in [9.17, 15) is 0 Å². The minimum Gasteiger partial charge on any atom is -0.312 e. The molecule has 1 aliphatic rings. The molecule has 0 amide bonds. The smallest absolute Gasteiger partial charge is 0.0694 e. The molecule has 1 fully saturated rings. The van der Waals surface area contributed by atoms with Crippen molar-refractivity contribution in [2.75, 3.05) is 6.54 Å². The van der Waals surface area contributed by atoms with Crippen molar-refractivity contribution >= 4 is 0 Å². The number of hydrogen-bond donors (Lipinski definition) is 1. The van der Waals surface area contributed by atoms with Gasteiger partial charge in [0.15, 0.2) is 0 Å². The van der Waals surface area contributed by atoms with Crippen molar-refractivity contribution in [1.29, 1.82) is 0 Å². The number of aromatic nitrogens is 2. The number of nitrogens with one attached hydrogen (secondary N) is 1. The maximum absolute atomic E-state index is 4.55. The van der Waals surface area contributed by atoms with E-state index in [4.69, 9.17) is 0 Å². The molecule has 102 valence electrons. The highest BCUT2D eigenvalue weighted by Gasteiger charge is 2.44. The van der Waals surface area contributed by atoms with Crippen molar-refractivity contribution in [2.24, 2.45) is 18.4 Å². The highest BCUT2D eigenvalue weighted by atomic mass is 15.3. The zero-order valence-corrected chi connectivity index (χ0v) is 12.5. The monoisotopic (exact) mass is 249 g/mol. The maximum Gasteiger partial charge on any atom is 0.0694 e. The van der Waals surface area contributed by atoms with Crippen LogP contribution in [-0.2, 0) is 13.6 Å². The van der Waals surface area contributed by atoms with Gasteiger partial charge in [-0.3, -0.25) is 4.68 Å². The van der Waals surface area contributed by atoms with Crippen LogP contribution in [0.4, 0.5) is 0 Å².